The molecule has 0 unspecified atom stereocenters. The van der Waals surface area contributed by atoms with Crippen LogP contribution in [0.1, 0.15) is 18.2 Å². The van der Waals surface area contributed by atoms with Crippen molar-refractivity contribution in [1.82, 2.24) is 20.2 Å². The summed E-state index contributed by atoms with van der Waals surface area (Å²) in [6, 6.07) is 1.73. The van der Waals surface area contributed by atoms with Crippen molar-refractivity contribution < 1.29 is 0 Å². The Balaban J connectivity index is 2.64. The van der Waals surface area contributed by atoms with Crippen LogP contribution in [0.25, 0.3) is 11.3 Å². The zero-order valence-corrected chi connectivity index (χ0v) is 10.8. The van der Waals surface area contributed by atoms with E-state index in [1.807, 2.05) is 13.8 Å². The molecule has 7 heteroatoms. The van der Waals surface area contributed by atoms with Gasteiger partial charge in [0.2, 0.25) is 0 Å². The van der Waals surface area contributed by atoms with Gasteiger partial charge < -0.3 is 4.98 Å². The Kier molecular flexibility index (Phi) is 3.37. The van der Waals surface area contributed by atoms with Crippen molar-refractivity contribution in [2.45, 2.75) is 13.8 Å². The van der Waals surface area contributed by atoms with E-state index in [2.05, 4.69) is 25.2 Å². The van der Waals surface area contributed by atoms with E-state index in [4.69, 9.17) is 0 Å². The molecule has 7 nitrogen and oxygen atoms in total. The number of rotatable bonds is 2. The molecule has 0 radical (unpaired) electrons. The van der Waals surface area contributed by atoms with Crippen LogP contribution in [-0.2, 0) is 0 Å². The number of hydrogen-bond acceptors (Lipinski definition) is 5. The molecule has 0 aromatic carbocycles. The number of nitrogens with zero attached hydrogens (tertiary/aromatic N) is 3. The molecule has 0 saturated heterocycles. The molecule has 0 aliphatic heterocycles. The molecule has 0 saturated carbocycles. The zero-order chi connectivity index (χ0) is 14.0. The van der Waals surface area contributed by atoms with Crippen LogP contribution in [0.3, 0.4) is 0 Å². The Bertz CT molecular complexity index is 757. The van der Waals surface area contributed by atoms with E-state index < -0.39 is 11.2 Å². The highest BCUT2D eigenvalue weighted by Gasteiger charge is 2.10. The average Bonchev–Trinajstić information content (AvgIpc) is 2.39. The van der Waals surface area contributed by atoms with E-state index >= 15 is 0 Å². The smallest absolute Gasteiger partial charge is 0.313 e. The Morgan fingerprint density at radius 1 is 1.32 bits per heavy atom. The molecule has 0 atom stereocenters. The molecular formula is C12H13N5O2. The lowest BCUT2D eigenvalue weighted by Gasteiger charge is -2.05. The lowest BCUT2D eigenvalue weighted by atomic mass is 10.1. The fourth-order valence-corrected chi connectivity index (χ4v) is 1.67. The fraction of sp³-hybridized carbons (Fsp3) is 0.250. The molecule has 2 aromatic rings. The van der Waals surface area contributed by atoms with Crippen LogP contribution in [0.4, 0.5) is 0 Å². The third kappa shape index (κ3) is 2.49. The number of H-pyrrole nitrogens is 2. The van der Waals surface area contributed by atoms with Gasteiger partial charge in [0.25, 0.3) is 5.56 Å². The second kappa shape index (κ2) is 4.97. The van der Waals surface area contributed by atoms with Gasteiger partial charge in [-0.25, -0.2) is 4.79 Å². The molecule has 19 heavy (non-hydrogen) atoms. The first-order valence-electron chi connectivity index (χ1n) is 5.63. The van der Waals surface area contributed by atoms with Crippen molar-refractivity contribution in [3.63, 3.8) is 0 Å². The molecular weight excluding hydrogens is 246 g/mol. The topological polar surface area (TPSA) is 104 Å². The first-order valence-corrected chi connectivity index (χ1v) is 5.63. The van der Waals surface area contributed by atoms with Crippen molar-refractivity contribution in [3.05, 3.63) is 44.4 Å². The van der Waals surface area contributed by atoms with Gasteiger partial charge in [-0.2, -0.15) is 5.10 Å². The minimum atomic E-state index is -0.555. The van der Waals surface area contributed by atoms with Gasteiger partial charge in [-0.15, -0.1) is 5.10 Å². The van der Waals surface area contributed by atoms with Crippen LogP contribution in [0, 0.1) is 6.92 Å². The summed E-state index contributed by atoms with van der Waals surface area (Å²) in [4.78, 5) is 31.3. The van der Waals surface area contributed by atoms with Crippen molar-refractivity contribution in [1.29, 1.82) is 0 Å². The molecule has 0 aliphatic carbocycles. The van der Waals surface area contributed by atoms with E-state index in [9.17, 15) is 9.59 Å². The number of hydrogen-bond donors (Lipinski definition) is 2. The first kappa shape index (κ1) is 12.9. The predicted molar refractivity (Wildman–Crippen MR) is 71.6 cm³/mol. The SMILES string of the molecule is CN=C(C)c1cc(-c2c[nH]c(=O)[nH]c2=O)nnc1C. The van der Waals surface area contributed by atoms with Crippen LogP contribution < -0.4 is 11.2 Å². The van der Waals surface area contributed by atoms with Crippen LogP contribution in [0.15, 0.2) is 26.8 Å². The highest BCUT2D eigenvalue weighted by atomic mass is 16.2. The number of aromatic amines is 2. The van der Waals surface area contributed by atoms with Gasteiger partial charge >= 0.3 is 5.69 Å². The average molecular weight is 259 g/mol. The standard InChI is InChI=1S/C12H13N5O2/c1-6(13-3)8-4-10(17-16-7(8)2)9-5-14-12(19)15-11(9)18/h4-5H,1-3H3,(H2,14,15,18,19). The quantitative estimate of drug-likeness (QED) is 0.755. The second-order valence-corrected chi connectivity index (χ2v) is 4.02. The molecule has 2 N–H and O–H groups in total. The van der Waals surface area contributed by atoms with Crippen molar-refractivity contribution in [2.24, 2.45) is 4.99 Å². The lowest BCUT2D eigenvalue weighted by molar-refractivity contribution is 0.967. The van der Waals surface area contributed by atoms with Crippen LogP contribution in [-0.4, -0.2) is 32.9 Å². The summed E-state index contributed by atoms with van der Waals surface area (Å²) >= 11 is 0. The van der Waals surface area contributed by atoms with E-state index in [1.54, 1.807) is 13.1 Å². The van der Waals surface area contributed by atoms with Gasteiger partial charge in [0.05, 0.1) is 11.3 Å². The molecule has 98 valence electrons. The van der Waals surface area contributed by atoms with Gasteiger partial charge in [0.15, 0.2) is 0 Å². The van der Waals surface area contributed by atoms with Gasteiger partial charge in [-0.1, -0.05) is 0 Å². The van der Waals surface area contributed by atoms with Gasteiger partial charge in [0, 0.05) is 24.5 Å². The Labute approximate surface area is 108 Å². The van der Waals surface area contributed by atoms with E-state index in [1.165, 1.54) is 6.20 Å². The van der Waals surface area contributed by atoms with Crippen molar-refractivity contribution >= 4 is 5.71 Å². The normalized spacial score (nSPS) is 11.6. The Hall–Kier alpha value is -2.57. The lowest BCUT2D eigenvalue weighted by Crippen LogP contribution is -2.23. The second-order valence-electron chi connectivity index (χ2n) is 4.02. The maximum absolute atomic E-state index is 11.7. The summed E-state index contributed by atoms with van der Waals surface area (Å²) in [5, 5.41) is 7.98. The predicted octanol–water partition coefficient (Wildman–Crippen LogP) is 0.267. The third-order valence-corrected chi connectivity index (χ3v) is 2.80. The molecule has 0 aliphatic rings. The summed E-state index contributed by atoms with van der Waals surface area (Å²) in [6.07, 6.45) is 1.32. The van der Waals surface area contributed by atoms with Crippen LogP contribution >= 0.6 is 0 Å². The minimum absolute atomic E-state index is 0.261. The summed E-state index contributed by atoms with van der Waals surface area (Å²) in [5.74, 6) is 0. The molecule has 0 amide bonds. The molecule has 2 rings (SSSR count). The number of aromatic nitrogens is 4. The van der Waals surface area contributed by atoms with E-state index in [0.29, 0.717) is 5.69 Å². The molecule has 0 spiro atoms. The summed E-state index contributed by atoms with van der Waals surface area (Å²) in [5.41, 5.74) is 1.94. The molecule has 0 fully saturated rings. The van der Waals surface area contributed by atoms with Gasteiger partial charge in [-0.3, -0.25) is 14.8 Å². The maximum Gasteiger partial charge on any atom is 0.325 e. The molecule has 2 aromatic heterocycles. The van der Waals surface area contributed by atoms with Crippen molar-refractivity contribution in [3.8, 4) is 11.3 Å². The number of aryl methyl sites for hydroxylation is 1. The fourth-order valence-electron chi connectivity index (χ4n) is 1.67. The summed E-state index contributed by atoms with van der Waals surface area (Å²) in [6.45, 7) is 3.67. The maximum atomic E-state index is 11.7. The third-order valence-electron chi connectivity index (χ3n) is 2.80. The Morgan fingerprint density at radius 3 is 2.68 bits per heavy atom. The zero-order valence-electron chi connectivity index (χ0n) is 10.8. The summed E-state index contributed by atoms with van der Waals surface area (Å²) in [7, 11) is 1.68. The highest BCUT2D eigenvalue weighted by Crippen LogP contribution is 2.14. The van der Waals surface area contributed by atoms with E-state index in [-0.39, 0.29) is 5.56 Å². The minimum Gasteiger partial charge on any atom is -0.313 e. The monoisotopic (exact) mass is 259 g/mol. The Morgan fingerprint density at radius 2 is 2.05 bits per heavy atom. The number of aliphatic imine (C=N–C) groups is 1. The molecule has 2 heterocycles. The van der Waals surface area contributed by atoms with Crippen molar-refractivity contribution in [2.75, 3.05) is 7.05 Å². The summed E-state index contributed by atoms with van der Waals surface area (Å²) < 4.78 is 0. The number of nitrogens with one attached hydrogen (secondary N) is 2. The first-order chi connectivity index (χ1) is 9.02. The highest BCUT2D eigenvalue weighted by molar-refractivity contribution is 6.00. The van der Waals surface area contributed by atoms with Gasteiger partial charge in [-0.05, 0) is 19.9 Å². The van der Waals surface area contributed by atoms with Gasteiger partial charge in [0.1, 0.15) is 5.69 Å². The molecule has 0 bridgehead atoms. The van der Waals surface area contributed by atoms with Crippen LogP contribution in [0.5, 0.6) is 0 Å². The largest absolute Gasteiger partial charge is 0.325 e. The van der Waals surface area contributed by atoms with Crippen LogP contribution in [0.2, 0.25) is 0 Å². The van der Waals surface area contributed by atoms with E-state index in [0.717, 1.165) is 17.0 Å².